The highest BCUT2D eigenvalue weighted by Gasteiger charge is 2.25. The summed E-state index contributed by atoms with van der Waals surface area (Å²) in [5.74, 6) is 0.0354. The van der Waals surface area contributed by atoms with E-state index in [0.29, 0.717) is 16.9 Å². The molecular formula is C11H9N3O5. The maximum Gasteiger partial charge on any atom is 0.294 e. The van der Waals surface area contributed by atoms with Crippen LogP contribution in [-0.2, 0) is 4.84 Å². The number of ether oxygens (including phenoxy) is 1. The normalized spacial score (nSPS) is 13.2. The van der Waals surface area contributed by atoms with E-state index in [-0.39, 0.29) is 25.8 Å². The van der Waals surface area contributed by atoms with Gasteiger partial charge in [0.1, 0.15) is 12.4 Å². The molecule has 1 aliphatic rings. The highest BCUT2D eigenvalue weighted by atomic mass is 16.9. The van der Waals surface area contributed by atoms with E-state index < -0.39 is 5.09 Å². The number of hydrogen-bond donors (Lipinski definition) is 0. The van der Waals surface area contributed by atoms with Gasteiger partial charge in [-0.25, -0.2) is 0 Å². The van der Waals surface area contributed by atoms with Crippen molar-refractivity contribution >= 4 is 5.91 Å². The minimum atomic E-state index is -0.914. The molecule has 0 aromatic heterocycles. The maximum atomic E-state index is 12.0. The molecule has 0 radical (unpaired) electrons. The van der Waals surface area contributed by atoms with Crippen molar-refractivity contribution in [2.75, 3.05) is 19.9 Å². The highest BCUT2D eigenvalue weighted by Crippen LogP contribution is 2.25. The molecule has 0 aliphatic carbocycles. The van der Waals surface area contributed by atoms with Gasteiger partial charge in [0.15, 0.2) is 6.73 Å². The van der Waals surface area contributed by atoms with Gasteiger partial charge >= 0.3 is 0 Å². The zero-order valence-corrected chi connectivity index (χ0v) is 9.74. The fourth-order valence-corrected chi connectivity index (χ4v) is 1.66. The molecule has 0 fully saturated rings. The Labute approximate surface area is 107 Å². The number of hydrogen-bond acceptors (Lipinski definition) is 6. The summed E-state index contributed by atoms with van der Waals surface area (Å²) in [7, 11) is 0. The van der Waals surface area contributed by atoms with E-state index in [9.17, 15) is 14.9 Å². The molecule has 19 heavy (non-hydrogen) atoms. The average molecular weight is 263 g/mol. The second kappa shape index (κ2) is 5.22. The fourth-order valence-electron chi connectivity index (χ4n) is 1.66. The summed E-state index contributed by atoms with van der Waals surface area (Å²) in [6.45, 7) is -0.186. The molecular weight excluding hydrogens is 254 g/mol. The zero-order valence-electron chi connectivity index (χ0n) is 9.74. The lowest BCUT2D eigenvalue weighted by molar-refractivity contribution is -0.757. The van der Waals surface area contributed by atoms with Gasteiger partial charge < -0.3 is 14.5 Å². The molecule has 0 N–H and O–H groups in total. The lowest BCUT2D eigenvalue weighted by Crippen LogP contribution is -2.40. The summed E-state index contributed by atoms with van der Waals surface area (Å²) in [6.07, 6.45) is 0. The van der Waals surface area contributed by atoms with Crippen LogP contribution in [0.1, 0.15) is 15.9 Å². The molecule has 0 unspecified atom stereocenters. The molecule has 0 saturated carbocycles. The molecule has 0 bridgehead atoms. The first-order valence-electron chi connectivity index (χ1n) is 5.35. The van der Waals surface area contributed by atoms with Gasteiger partial charge in [0, 0.05) is 6.54 Å². The molecule has 2 rings (SSSR count). The standard InChI is InChI=1S/C11H9N3O5/c12-6-8-1-2-9-10(5-8)18-7-13(11(9)15)3-4-19-14(16)17/h1-2,5H,3-4,7H2. The van der Waals surface area contributed by atoms with Crippen molar-refractivity contribution < 1.29 is 19.5 Å². The quantitative estimate of drug-likeness (QED) is 0.580. The largest absolute Gasteiger partial charge is 0.472 e. The molecule has 1 heterocycles. The second-order valence-corrected chi connectivity index (χ2v) is 3.72. The minimum absolute atomic E-state index is 0.0260. The Hall–Kier alpha value is -2.82. The van der Waals surface area contributed by atoms with Gasteiger partial charge in [-0.2, -0.15) is 5.26 Å². The summed E-state index contributed by atoms with van der Waals surface area (Å²) in [5.41, 5.74) is 0.725. The first-order chi connectivity index (χ1) is 9.11. The molecule has 0 spiro atoms. The highest BCUT2D eigenvalue weighted by molar-refractivity contribution is 5.97. The van der Waals surface area contributed by atoms with Crippen molar-refractivity contribution in [2.24, 2.45) is 0 Å². The van der Waals surface area contributed by atoms with E-state index in [4.69, 9.17) is 10.00 Å². The van der Waals surface area contributed by atoms with E-state index in [1.54, 1.807) is 0 Å². The van der Waals surface area contributed by atoms with E-state index in [1.807, 2.05) is 6.07 Å². The van der Waals surface area contributed by atoms with Crippen LogP contribution in [0.3, 0.4) is 0 Å². The van der Waals surface area contributed by atoms with E-state index in [1.165, 1.54) is 23.1 Å². The molecule has 0 atom stereocenters. The van der Waals surface area contributed by atoms with Crippen LogP contribution in [0.5, 0.6) is 5.75 Å². The first kappa shape index (κ1) is 12.6. The lowest BCUT2D eigenvalue weighted by Gasteiger charge is -2.28. The Kier molecular flexibility index (Phi) is 3.47. The number of carbonyl (C=O) groups is 1. The summed E-state index contributed by atoms with van der Waals surface area (Å²) in [6, 6.07) is 6.44. The summed E-state index contributed by atoms with van der Waals surface area (Å²) in [5, 5.41) is 17.8. The number of carbonyl (C=O) groups excluding carboxylic acids is 1. The molecule has 8 heteroatoms. The molecule has 1 aromatic rings. The summed E-state index contributed by atoms with van der Waals surface area (Å²) in [4.78, 5) is 27.5. The predicted octanol–water partition coefficient (Wildman–Crippen LogP) is 0.559. The Bertz CT molecular complexity index is 566. The molecule has 98 valence electrons. The maximum absolute atomic E-state index is 12.0. The van der Waals surface area contributed by atoms with Crippen molar-refractivity contribution in [1.29, 1.82) is 5.26 Å². The number of fused-ring (bicyclic) bond motifs is 1. The second-order valence-electron chi connectivity index (χ2n) is 3.72. The van der Waals surface area contributed by atoms with Crippen LogP contribution < -0.4 is 4.74 Å². The van der Waals surface area contributed by atoms with Gasteiger partial charge in [-0.15, -0.1) is 10.1 Å². The summed E-state index contributed by atoms with van der Waals surface area (Å²) >= 11 is 0. The average Bonchev–Trinajstić information content (AvgIpc) is 2.40. The van der Waals surface area contributed by atoms with Crippen molar-refractivity contribution in [3.05, 3.63) is 39.4 Å². The minimum Gasteiger partial charge on any atom is -0.472 e. The number of amides is 1. The third kappa shape index (κ3) is 2.71. The number of rotatable bonds is 4. The number of benzene rings is 1. The Morgan fingerprint density at radius 2 is 2.37 bits per heavy atom. The summed E-state index contributed by atoms with van der Waals surface area (Å²) < 4.78 is 5.34. The molecule has 1 amide bonds. The van der Waals surface area contributed by atoms with Gasteiger partial charge in [0.2, 0.25) is 0 Å². The number of nitrogens with zero attached hydrogens (tertiary/aromatic N) is 3. The SMILES string of the molecule is N#Cc1ccc2c(c1)OCN(CCO[N+](=O)[O-])C2=O. The van der Waals surface area contributed by atoms with E-state index >= 15 is 0 Å². The van der Waals surface area contributed by atoms with Crippen molar-refractivity contribution in [3.63, 3.8) is 0 Å². The monoisotopic (exact) mass is 263 g/mol. The van der Waals surface area contributed by atoms with Crippen LogP contribution in [0.2, 0.25) is 0 Å². The van der Waals surface area contributed by atoms with Crippen LogP contribution in [0.25, 0.3) is 0 Å². The molecule has 1 aliphatic heterocycles. The van der Waals surface area contributed by atoms with Crippen molar-refractivity contribution in [1.82, 2.24) is 4.90 Å². The van der Waals surface area contributed by atoms with Gasteiger partial charge in [-0.1, -0.05) is 0 Å². The van der Waals surface area contributed by atoms with Crippen LogP contribution in [-0.4, -0.2) is 35.8 Å². The molecule has 0 saturated heterocycles. The first-order valence-corrected chi connectivity index (χ1v) is 5.35. The van der Waals surface area contributed by atoms with E-state index in [0.717, 1.165) is 0 Å². The van der Waals surface area contributed by atoms with Crippen LogP contribution >= 0.6 is 0 Å². The zero-order chi connectivity index (χ0) is 13.8. The smallest absolute Gasteiger partial charge is 0.294 e. The predicted molar refractivity (Wildman–Crippen MR) is 60.6 cm³/mol. The van der Waals surface area contributed by atoms with Crippen LogP contribution in [0.15, 0.2) is 18.2 Å². The van der Waals surface area contributed by atoms with Crippen molar-refractivity contribution in [2.45, 2.75) is 0 Å². The molecule has 8 nitrogen and oxygen atoms in total. The topological polar surface area (TPSA) is 106 Å². The Morgan fingerprint density at radius 3 is 3.05 bits per heavy atom. The Balaban J connectivity index is 2.07. The number of nitriles is 1. The lowest BCUT2D eigenvalue weighted by atomic mass is 10.1. The van der Waals surface area contributed by atoms with Crippen molar-refractivity contribution in [3.8, 4) is 11.8 Å². The van der Waals surface area contributed by atoms with Gasteiger partial charge in [-0.05, 0) is 18.2 Å². The van der Waals surface area contributed by atoms with E-state index in [2.05, 4.69) is 4.84 Å². The van der Waals surface area contributed by atoms with Gasteiger partial charge in [-0.3, -0.25) is 4.79 Å². The van der Waals surface area contributed by atoms with Gasteiger partial charge in [0.25, 0.3) is 11.0 Å². The van der Waals surface area contributed by atoms with Crippen LogP contribution in [0.4, 0.5) is 0 Å². The fraction of sp³-hybridized carbons (Fsp3) is 0.273. The molecule has 1 aromatic carbocycles. The third-order valence-electron chi connectivity index (χ3n) is 2.56. The van der Waals surface area contributed by atoms with Gasteiger partial charge in [0.05, 0.1) is 17.2 Å². The van der Waals surface area contributed by atoms with Crippen LogP contribution in [0, 0.1) is 21.4 Å². The Morgan fingerprint density at radius 1 is 1.58 bits per heavy atom. The third-order valence-corrected chi connectivity index (χ3v) is 2.56.